The van der Waals surface area contributed by atoms with Crippen LogP contribution < -0.4 is 0 Å². The molecule has 8 heteroatoms. The summed E-state index contributed by atoms with van der Waals surface area (Å²) in [5.41, 5.74) is 3.72. The van der Waals surface area contributed by atoms with Gasteiger partial charge < -0.3 is 19.3 Å². The molecule has 0 saturated heterocycles. The van der Waals surface area contributed by atoms with Gasteiger partial charge in [-0.2, -0.15) is 0 Å². The number of hydrogen-bond donors (Lipinski definition) is 0. The van der Waals surface area contributed by atoms with Crippen molar-refractivity contribution in [3.8, 4) is 11.1 Å². The Kier molecular flexibility index (Phi) is 8.32. The van der Waals surface area contributed by atoms with Gasteiger partial charge >= 0.3 is 0 Å². The highest BCUT2D eigenvalue weighted by atomic mass is 16.5. The molecule has 0 N–H and O–H groups in total. The van der Waals surface area contributed by atoms with Crippen LogP contribution in [0.4, 0.5) is 0 Å². The molecule has 4 aromatic carbocycles. The molecule has 2 atom stereocenters. The summed E-state index contributed by atoms with van der Waals surface area (Å²) < 4.78 is 12.8. The highest BCUT2D eigenvalue weighted by Crippen LogP contribution is 2.44. The number of rotatable bonds is 7. The molecular weight excluding hydrogens is 576 g/mol. The first kappa shape index (κ1) is 31.3. The second-order valence-electron chi connectivity index (χ2n) is 13.3. The zero-order valence-corrected chi connectivity index (χ0v) is 27.9. The van der Waals surface area contributed by atoms with E-state index < -0.39 is 0 Å². The SMILES string of the molecule is CC(C)[C@H]1COC(c2c(C(=O)N(C)C)cc3ccccc3c2-c2c(C3=N[C@@H](C(C)C)CO3)c(C(=O)N(C)C)cc3ccccc23)=N1. The summed E-state index contributed by atoms with van der Waals surface area (Å²) in [6.45, 7) is 9.33. The Labute approximate surface area is 270 Å². The highest BCUT2D eigenvalue weighted by Gasteiger charge is 2.35. The molecule has 0 bridgehead atoms. The van der Waals surface area contributed by atoms with Crippen molar-refractivity contribution in [3.05, 3.63) is 82.9 Å². The van der Waals surface area contributed by atoms with E-state index in [2.05, 4.69) is 39.8 Å². The van der Waals surface area contributed by atoms with Gasteiger partial charge in [0, 0.05) is 39.3 Å². The van der Waals surface area contributed by atoms with Crippen LogP contribution in [0, 0.1) is 11.8 Å². The van der Waals surface area contributed by atoms with Crippen molar-refractivity contribution < 1.29 is 19.1 Å². The number of ether oxygens (including phenoxy) is 2. The van der Waals surface area contributed by atoms with Gasteiger partial charge in [0.15, 0.2) is 0 Å². The minimum Gasteiger partial charge on any atom is -0.475 e. The number of aliphatic imine (C=N–C) groups is 2. The quantitative estimate of drug-likeness (QED) is 0.232. The van der Waals surface area contributed by atoms with Gasteiger partial charge in [-0.15, -0.1) is 0 Å². The Morgan fingerprint density at radius 3 is 1.33 bits per heavy atom. The van der Waals surface area contributed by atoms with Crippen molar-refractivity contribution in [1.29, 1.82) is 0 Å². The van der Waals surface area contributed by atoms with Crippen molar-refractivity contribution in [1.82, 2.24) is 9.80 Å². The maximum atomic E-state index is 14.1. The molecule has 4 aromatic rings. The summed E-state index contributed by atoms with van der Waals surface area (Å²) in [6.07, 6.45) is 0. The fourth-order valence-corrected chi connectivity index (χ4v) is 6.21. The van der Waals surface area contributed by atoms with Gasteiger partial charge in [-0.3, -0.25) is 9.59 Å². The van der Waals surface area contributed by atoms with Crippen molar-refractivity contribution in [3.63, 3.8) is 0 Å². The molecule has 0 spiro atoms. The normalized spacial score (nSPS) is 17.7. The van der Waals surface area contributed by atoms with Gasteiger partial charge in [0.05, 0.1) is 34.3 Å². The van der Waals surface area contributed by atoms with Gasteiger partial charge in [0.2, 0.25) is 11.8 Å². The smallest absolute Gasteiger partial charge is 0.254 e. The van der Waals surface area contributed by atoms with E-state index in [4.69, 9.17) is 19.5 Å². The molecule has 2 heterocycles. The molecule has 46 heavy (non-hydrogen) atoms. The van der Waals surface area contributed by atoms with Crippen LogP contribution >= 0.6 is 0 Å². The largest absolute Gasteiger partial charge is 0.475 e. The van der Waals surface area contributed by atoms with E-state index in [1.165, 1.54) is 0 Å². The molecule has 6 rings (SSSR count). The molecule has 0 radical (unpaired) electrons. The number of carbonyl (C=O) groups excluding carboxylic acids is 2. The molecule has 2 aliphatic rings. The predicted octanol–water partition coefficient (Wildman–Crippen LogP) is 6.67. The van der Waals surface area contributed by atoms with E-state index in [-0.39, 0.29) is 35.7 Å². The monoisotopic (exact) mass is 618 g/mol. The van der Waals surface area contributed by atoms with E-state index in [0.717, 1.165) is 32.7 Å². The van der Waals surface area contributed by atoms with Gasteiger partial charge in [0.1, 0.15) is 13.2 Å². The molecule has 0 saturated carbocycles. The number of fused-ring (bicyclic) bond motifs is 2. The summed E-state index contributed by atoms with van der Waals surface area (Å²) in [5.74, 6) is 1.03. The Bertz CT molecular complexity index is 1780. The van der Waals surface area contributed by atoms with Crippen LogP contribution in [0.5, 0.6) is 0 Å². The summed E-state index contributed by atoms with van der Waals surface area (Å²) >= 11 is 0. The minimum absolute atomic E-state index is 0.0520. The Balaban J connectivity index is 1.86. The molecular formula is C38H42N4O4. The summed E-state index contributed by atoms with van der Waals surface area (Å²) in [6, 6.07) is 19.8. The topological polar surface area (TPSA) is 83.8 Å². The molecule has 0 aliphatic carbocycles. The Morgan fingerprint density at radius 1 is 0.630 bits per heavy atom. The van der Waals surface area contributed by atoms with Crippen LogP contribution in [0.2, 0.25) is 0 Å². The lowest BCUT2D eigenvalue weighted by atomic mass is 9.82. The molecule has 2 amide bonds. The lowest BCUT2D eigenvalue weighted by molar-refractivity contribution is 0.0820. The van der Waals surface area contributed by atoms with Gasteiger partial charge in [0.25, 0.3) is 11.8 Å². The predicted molar refractivity (Wildman–Crippen MR) is 185 cm³/mol. The molecule has 238 valence electrons. The Hall–Kier alpha value is -4.72. The van der Waals surface area contributed by atoms with E-state index in [1.807, 2.05) is 48.5 Å². The maximum Gasteiger partial charge on any atom is 0.254 e. The fraction of sp³-hybridized carbons (Fsp3) is 0.368. The second kappa shape index (κ2) is 12.2. The van der Waals surface area contributed by atoms with Crippen molar-refractivity contribution in [2.24, 2.45) is 21.8 Å². The third-order valence-corrected chi connectivity index (χ3v) is 8.94. The first-order valence-electron chi connectivity index (χ1n) is 15.9. The molecule has 0 fully saturated rings. The average molecular weight is 619 g/mol. The van der Waals surface area contributed by atoms with E-state index in [0.29, 0.717) is 47.3 Å². The highest BCUT2D eigenvalue weighted by molar-refractivity contribution is 6.25. The van der Waals surface area contributed by atoms with E-state index >= 15 is 0 Å². The number of amides is 2. The fourth-order valence-electron chi connectivity index (χ4n) is 6.21. The van der Waals surface area contributed by atoms with Crippen molar-refractivity contribution in [2.45, 2.75) is 39.8 Å². The lowest BCUT2D eigenvalue weighted by Gasteiger charge is -2.24. The van der Waals surface area contributed by atoms with Crippen LogP contribution in [-0.2, 0) is 9.47 Å². The van der Waals surface area contributed by atoms with E-state index in [9.17, 15) is 9.59 Å². The van der Waals surface area contributed by atoms with Crippen LogP contribution in [-0.4, -0.2) is 86.9 Å². The maximum absolute atomic E-state index is 14.1. The number of carbonyl (C=O) groups is 2. The minimum atomic E-state index is -0.165. The Morgan fingerprint density at radius 2 is 1.00 bits per heavy atom. The van der Waals surface area contributed by atoms with Crippen molar-refractivity contribution >= 4 is 45.2 Å². The second-order valence-corrected chi connectivity index (χ2v) is 13.3. The van der Waals surface area contributed by atoms with Gasteiger partial charge in [-0.05, 0) is 45.5 Å². The third-order valence-electron chi connectivity index (χ3n) is 8.94. The standard InChI is InChI=1S/C38H42N4O4/c1-21(2)29-19-45-35(39-29)33-27(37(43)41(5)6)17-23-13-9-11-15-25(23)31(33)32-26-16-12-10-14-24(26)18-28(38(44)42(7)8)34(32)36-40-30(20-46-36)22(3)4/h9-18,21-22,29-30H,19-20H2,1-8H3/t29-,30-/m1/s1. The number of benzene rings is 4. The van der Waals surface area contributed by atoms with Crippen LogP contribution in [0.3, 0.4) is 0 Å². The average Bonchev–Trinajstić information content (AvgIpc) is 3.73. The summed E-state index contributed by atoms with van der Waals surface area (Å²) in [5, 5.41) is 3.59. The van der Waals surface area contributed by atoms with Crippen LogP contribution in [0.1, 0.15) is 59.5 Å². The zero-order chi connectivity index (χ0) is 32.9. The molecule has 0 aromatic heterocycles. The van der Waals surface area contributed by atoms with E-state index in [1.54, 1.807) is 38.0 Å². The summed E-state index contributed by atoms with van der Waals surface area (Å²) in [7, 11) is 7.00. The van der Waals surface area contributed by atoms with Crippen LogP contribution in [0.15, 0.2) is 70.6 Å². The first-order chi connectivity index (χ1) is 22.0. The van der Waals surface area contributed by atoms with Crippen molar-refractivity contribution in [2.75, 3.05) is 41.4 Å². The third kappa shape index (κ3) is 5.40. The molecule has 2 aliphatic heterocycles. The molecule has 0 unspecified atom stereocenters. The van der Waals surface area contributed by atoms with Gasteiger partial charge in [-0.25, -0.2) is 9.98 Å². The number of nitrogens with zero attached hydrogens (tertiary/aromatic N) is 4. The van der Waals surface area contributed by atoms with Crippen LogP contribution in [0.25, 0.3) is 32.7 Å². The summed E-state index contributed by atoms with van der Waals surface area (Å²) in [4.78, 5) is 41.4. The number of hydrogen-bond acceptors (Lipinski definition) is 6. The molecule has 8 nitrogen and oxygen atoms in total. The van der Waals surface area contributed by atoms with Gasteiger partial charge in [-0.1, -0.05) is 76.2 Å². The lowest BCUT2D eigenvalue weighted by Crippen LogP contribution is -2.26. The first-order valence-corrected chi connectivity index (χ1v) is 15.9. The zero-order valence-electron chi connectivity index (χ0n) is 27.9.